The van der Waals surface area contributed by atoms with Crippen LogP contribution in [0.5, 0.6) is 0 Å². The summed E-state index contributed by atoms with van der Waals surface area (Å²) in [7, 11) is 0. The van der Waals surface area contributed by atoms with Gasteiger partial charge in [0, 0.05) is 24.4 Å². The first-order valence-corrected chi connectivity index (χ1v) is 4.65. The Morgan fingerprint density at radius 1 is 1.19 bits per heavy atom. The van der Waals surface area contributed by atoms with E-state index in [4.69, 9.17) is 5.73 Å². The largest absolute Gasteiger partial charge is 0.348 e. The van der Waals surface area contributed by atoms with Crippen LogP contribution in [0.4, 0.5) is 0 Å². The number of benzene rings is 1. The summed E-state index contributed by atoms with van der Waals surface area (Å²) in [4.78, 5) is 7.10. The molecule has 5 heteroatoms. The predicted molar refractivity (Wildman–Crippen MR) is 70.4 cm³/mol. The van der Waals surface area contributed by atoms with Crippen molar-refractivity contribution in [2.75, 3.05) is 6.54 Å². The monoisotopic (exact) mass is 259 g/mol. The average Bonchev–Trinajstić information content (AvgIpc) is 2.74. The fraction of sp³-hybridized carbons (Fsp3) is 0.182. The van der Waals surface area contributed by atoms with Crippen LogP contribution in [-0.4, -0.2) is 16.5 Å². The molecule has 0 spiro atoms. The standard InChI is InChI=1S/C11H13N3.2ClH/c12-6-10(11-7-13-8-14-11)9-4-2-1-3-5-9;;/h1-5,7-8,10H,6,12H2,(H,13,14);2*1H. The quantitative estimate of drug-likeness (QED) is 0.889. The molecule has 2 rings (SSSR count). The third kappa shape index (κ3) is 3.23. The molecule has 0 radical (unpaired) electrons. The first-order chi connectivity index (χ1) is 6.92. The van der Waals surface area contributed by atoms with E-state index in [1.54, 1.807) is 6.33 Å². The van der Waals surface area contributed by atoms with Crippen molar-refractivity contribution in [3.05, 3.63) is 54.1 Å². The van der Waals surface area contributed by atoms with Gasteiger partial charge in [0.1, 0.15) is 0 Å². The lowest BCUT2D eigenvalue weighted by Gasteiger charge is -2.12. The number of aromatic amines is 1. The molecular weight excluding hydrogens is 245 g/mol. The third-order valence-corrected chi connectivity index (χ3v) is 2.33. The van der Waals surface area contributed by atoms with Gasteiger partial charge < -0.3 is 10.7 Å². The zero-order chi connectivity index (χ0) is 9.80. The molecule has 1 aromatic carbocycles. The fourth-order valence-electron chi connectivity index (χ4n) is 1.59. The lowest BCUT2D eigenvalue weighted by atomic mass is 9.97. The van der Waals surface area contributed by atoms with Crippen LogP contribution in [0.1, 0.15) is 17.2 Å². The average molecular weight is 260 g/mol. The van der Waals surface area contributed by atoms with Crippen molar-refractivity contribution in [3.8, 4) is 0 Å². The van der Waals surface area contributed by atoms with Crippen molar-refractivity contribution in [2.45, 2.75) is 5.92 Å². The number of nitrogens with zero attached hydrogens (tertiary/aromatic N) is 1. The zero-order valence-corrected chi connectivity index (χ0v) is 10.3. The SMILES string of the molecule is Cl.Cl.NCC(c1ccccc1)c1cnc[nH]1. The van der Waals surface area contributed by atoms with Gasteiger partial charge in [-0.2, -0.15) is 0 Å². The fourth-order valence-corrected chi connectivity index (χ4v) is 1.59. The van der Waals surface area contributed by atoms with Gasteiger partial charge in [0.15, 0.2) is 0 Å². The Balaban J connectivity index is 0.00000112. The van der Waals surface area contributed by atoms with E-state index in [-0.39, 0.29) is 30.7 Å². The van der Waals surface area contributed by atoms with Gasteiger partial charge in [0.05, 0.1) is 6.33 Å². The lowest BCUT2D eigenvalue weighted by Crippen LogP contribution is -2.13. The highest BCUT2D eigenvalue weighted by Gasteiger charge is 2.12. The highest BCUT2D eigenvalue weighted by Crippen LogP contribution is 2.20. The molecule has 0 bridgehead atoms. The molecule has 88 valence electrons. The summed E-state index contributed by atoms with van der Waals surface area (Å²) in [5, 5.41) is 0. The van der Waals surface area contributed by atoms with Crippen LogP contribution in [-0.2, 0) is 0 Å². The summed E-state index contributed by atoms with van der Waals surface area (Å²) >= 11 is 0. The molecule has 3 N–H and O–H groups in total. The van der Waals surface area contributed by atoms with E-state index in [0.29, 0.717) is 6.54 Å². The summed E-state index contributed by atoms with van der Waals surface area (Å²) in [6.45, 7) is 0.589. The molecule has 3 nitrogen and oxygen atoms in total. The Morgan fingerprint density at radius 3 is 2.38 bits per heavy atom. The molecule has 0 aliphatic rings. The van der Waals surface area contributed by atoms with Crippen LogP contribution in [0.15, 0.2) is 42.9 Å². The summed E-state index contributed by atoms with van der Waals surface area (Å²) in [6, 6.07) is 10.2. The smallest absolute Gasteiger partial charge is 0.0921 e. The van der Waals surface area contributed by atoms with Crippen LogP contribution in [0, 0.1) is 0 Å². The molecular formula is C11H15Cl2N3. The van der Waals surface area contributed by atoms with Gasteiger partial charge in [0.25, 0.3) is 0 Å². The normalized spacial score (nSPS) is 11.1. The molecule has 0 aliphatic carbocycles. The Bertz CT molecular complexity index is 375. The van der Waals surface area contributed by atoms with Gasteiger partial charge in [-0.3, -0.25) is 0 Å². The number of nitrogens with one attached hydrogen (secondary N) is 1. The second-order valence-electron chi connectivity index (χ2n) is 3.21. The first kappa shape index (κ1) is 15.0. The Kier molecular flexibility index (Phi) is 6.81. The van der Waals surface area contributed by atoms with Crippen LogP contribution in [0.3, 0.4) is 0 Å². The van der Waals surface area contributed by atoms with Crippen molar-refractivity contribution in [1.29, 1.82) is 0 Å². The maximum atomic E-state index is 5.75. The number of hydrogen-bond acceptors (Lipinski definition) is 2. The van der Waals surface area contributed by atoms with E-state index in [9.17, 15) is 0 Å². The predicted octanol–water partition coefficient (Wildman–Crippen LogP) is 2.34. The number of aromatic nitrogens is 2. The Morgan fingerprint density at radius 2 is 1.88 bits per heavy atom. The van der Waals surface area contributed by atoms with Crippen LogP contribution >= 0.6 is 24.8 Å². The molecule has 1 heterocycles. The van der Waals surface area contributed by atoms with Gasteiger partial charge in [-0.25, -0.2) is 4.98 Å². The van der Waals surface area contributed by atoms with Gasteiger partial charge in [-0.05, 0) is 5.56 Å². The van der Waals surface area contributed by atoms with Gasteiger partial charge >= 0.3 is 0 Å². The maximum absolute atomic E-state index is 5.75. The number of H-pyrrole nitrogens is 1. The molecule has 1 aromatic heterocycles. The third-order valence-electron chi connectivity index (χ3n) is 2.33. The topological polar surface area (TPSA) is 54.7 Å². The van der Waals surface area contributed by atoms with Crippen LogP contribution in [0.2, 0.25) is 0 Å². The molecule has 0 saturated carbocycles. The molecule has 1 unspecified atom stereocenters. The number of rotatable bonds is 3. The van der Waals surface area contributed by atoms with E-state index in [1.165, 1.54) is 5.56 Å². The van der Waals surface area contributed by atoms with E-state index in [2.05, 4.69) is 22.1 Å². The minimum atomic E-state index is 0. The molecule has 0 fully saturated rings. The van der Waals surface area contributed by atoms with Gasteiger partial charge in [-0.1, -0.05) is 30.3 Å². The minimum Gasteiger partial charge on any atom is -0.348 e. The van der Waals surface area contributed by atoms with Crippen LogP contribution in [0.25, 0.3) is 0 Å². The Labute approximate surface area is 107 Å². The van der Waals surface area contributed by atoms with Crippen molar-refractivity contribution in [2.24, 2.45) is 5.73 Å². The first-order valence-electron chi connectivity index (χ1n) is 4.65. The molecule has 0 saturated heterocycles. The van der Waals surface area contributed by atoms with Crippen molar-refractivity contribution in [1.82, 2.24) is 9.97 Å². The summed E-state index contributed by atoms with van der Waals surface area (Å²) < 4.78 is 0. The molecule has 0 amide bonds. The zero-order valence-electron chi connectivity index (χ0n) is 8.67. The number of nitrogens with two attached hydrogens (primary N) is 1. The molecule has 1 atom stereocenters. The van der Waals surface area contributed by atoms with E-state index < -0.39 is 0 Å². The van der Waals surface area contributed by atoms with Crippen LogP contribution < -0.4 is 5.73 Å². The summed E-state index contributed by atoms with van der Waals surface area (Å²) in [6.07, 6.45) is 3.51. The molecule has 16 heavy (non-hydrogen) atoms. The molecule has 2 aromatic rings. The lowest BCUT2D eigenvalue weighted by molar-refractivity contribution is 0.794. The van der Waals surface area contributed by atoms with Crippen molar-refractivity contribution >= 4 is 24.8 Å². The second-order valence-corrected chi connectivity index (χ2v) is 3.21. The van der Waals surface area contributed by atoms with E-state index in [0.717, 1.165) is 5.69 Å². The number of halogens is 2. The summed E-state index contributed by atoms with van der Waals surface area (Å²) in [5.41, 5.74) is 8.04. The van der Waals surface area contributed by atoms with Gasteiger partial charge in [0.2, 0.25) is 0 Å². The second kappa shape index (κ2) is 7.28. The Hall–Kier alpha value is -1.03. The highest BCUT2D eigenvalue weighted by molar-refractivity contribution is 5.85. The van der Waals surface area contributed by atoms with Gasteiger partial charge in [-0.15, -0.1) is 24.8 Å². The number of imidazole rings is 1. The maximum Gasteiger partial charge on any atom is 0.0921 e. The number of hydrogen-bond donors (Lipinski definition) is 2. The highest BCUT2D eigenvalue weighted by atomic mass is 35.5. The summed E-state index contributed by atoms with van der Waals surface area (Å²) in [5.74, 6) is 0.221. The van der Waals surface area contributed by atoms with E-state index >= 15 is 0 Å². The van der Waals surface area contributed by atoms with Crippen molar-refractivity contribution in [3.63, 3.8) is 0 Å². The van der Waals surface area contributed by atoms with E-state index in [1.807, 2.05) is 24.4 Å². The van der Waals surface area contributed by atoms with Crippen molar-refractivity contribution < 1.29 is 0 Å². The minimum absolute atomic E-state index is 0. The molecule has 0 aliphatic heterocycles.